The lowest BCUT2D eigenvalue weighted by atomic mass is 9.80. The van der Waals surface area contributed by atoms with E-state index in [1.165, 1.54) is 6.07 Å². The SMILES string of the molecule is CC(CC(=O)Nc1cc(Cl)nc(Cl)n1)C(C)(C)C. The average molecular weight is 290 g/mol. The Morgan fingerprint density at radius 2 is 2.00 bits per heavy atom. The minimum Gasteiger partial charge on any atom is -0.311 e. The fourth-order valence-electron chi connectivity index (χ4n) is 1.23. The monoisotopic (exact) mass is 289 g/mol. The molecule has 0 spiro atoms. The van der Waals surface area contributed by atoms with Crippen LogP contribution in [0.5, 0.6) is 0 Å². The minimum atomic E-state index is -0.108. The highest BCUT2D eigenvalue weighted by molar-refractivity contribution is 6.32. The fourth-order valence-corrected chi connectivity index (χ4v) is 1.64. The third-order valence-corrected chi connectivity index (χ3v) is 3.27. The molecule has 1 N–H and O–H groups in total. The molecule has 1 aromatic heterocycles. The van der Waals surface area contributed by atoms with Gasteiger partial charge in [0.05, 0.1) is 0 Å². The molecule has 0 saturated heterocycles. The van der Waals surface area contributed by atoms with Crippen molar-refractivity contribution >= 4 is 34.9 Å². The first kappa shape index (κ1) is 15.2. The van der Waals surface area contributed by atoms with Crippen LogP contribution in [0.25, 0.3) is 0 Å². The van der Waals surface area contributed by atoms with Crippen LogP contribution in [0.15, 0.2) is 6.07 Å². The van der Waals surface area contributed by atoms with E-state index in [0.29, 0.717) is 12.2 Å². The summed E-state index contributed by atoms with van der Waals surface area (Å²) >= 11 is 11.4. The zero-order valence-electron chi connectivity index (χ0n) is 10.9. The number of nitrogens with zero attached hydrogens (tertiary/aromatic N) is 2. The van der Waals surface area contributed by atoms with Crippen LogP contribution < -0.4 is 5.32 Å². The third-order valence-electron chi connectivity index (χ3n) is 2.91. The van der Waals surface area contributed by atoms with Crippen molar-refractivity contribution in [1.82, 2.24) is 9.97 Å². The first-order valence-electron chi connectivity index (χ1n) is 5.68. The quantitative estimate of drug-likeness (QED) is 0.680. The van der Waals surface area contributed by atoms with E-state index in [2.05, 4.69) is 36.1 Å². The number of aromatic nitrogens is 2. The molecule has 1 aromatic rings. The van der Waals surface area contributed by atoms with Crippen molar-refractivity contribution in [3.05, 3.63) is 16.5 Å². The number of carbonyl (C=O) groups excluding carboxylic acids is 1. The van der Waals surface area contributed by atoms with Crippen LogP contribution in [0.1, 0.15) is 34.1 Å². The Bertz CT molecular complexity index is 423. The lowest BCUT2D eigenvalue weighted by Crippen LogP contribution is -2.24. The van der Waals surface area contributed by atoms with Crippen LogP contribution in [-0.2, 0) is 4.79 Å². The summed E-state index contributed by atoms with van der Waals surface area (Å²) in [4.78, 5) is 19.4. The average Bonchev–Trinajstić information content (AvgIpc) is 2.13. The first-order chi connectivity index (χ1) is 8.18. The van der Waals surface area contributed by atoms with Crippen molar-refractivity contribution in [1.29, 1.82) is 0 Å². The summed E-state index contributed by atoms with van der Waals surface area (Å²) in [5.74, 6) is 0.472. The lowest BCUT2D eigenvalue weighted by Gasteiger charge is -2.26. The Labute approximate surface area is 117 Å². The minimum absolute atomic E-state index is 0.0154. The van der Waals surface area contributed by atoms with Crippen molar-refractivity contribution < 1.29 is 4.79 Å². The van der Waals surface area contributed by atoms with Gasteiger partial charge in [-0.05, 0) is 22.9 Å². The Morgan fingerprint density at radius 1 is 1.39 bits per heavy atom. The number of hydrogen-bond acceptors (Lipinski definition) is 3. The predicted octanol–water partition coefficient (Wildman–Crippen LogP) is 3.79. The molecule has 100 valence electrons. The van der Waals surface area contributed by atoms with Gasteiger partial charge >= 0.3 is 0 Å². The molecule has 1 atom stereocenters. The summed E-state index contributed by atoms with van der Waals surface area (Å²) in [6.07, 6.45) is 0.419. The maximum atomic E-state index is 11.8. The fraction of sp³-hybridized carbons (Fsp3) is 0.583. The molecule has 1 rings (SSSR count). The third kappa shape index (κ3) is 4.78. The Hall–Kier alpha value is -0.870. The largest absolute Gasteiger partial charge is 0.311 e. The highest BCUT2D eigenvalue weighted by Crippen LogP contribution is 2.28. The van der Waals surface area contributed by atoms with Gasteiger partial charge in [0.1, 0.15) is 11.0 Å². The smallest absolute Gasteiger partial charge is 0.225 e. The summed E-state index contributed by atoms with van der Waals surface area (Å²) < 4.78 is 0. The number of halogens is 2. The van der Waals surface area contributed by atoms with Crippen molar-refractivity contribution in [2.24, 2.45) is 11.3 Å². The maximum Gasteiger partial charge on any atom is 0.225 e. The molecule has 4 nitrogen and oxygen atoms in total. The van der Waals surface area contributed by atoms with E-state index in [4.69, 9.17) is 23.2 Å². The second-order valence-corrected chi connectivity index (χ2v) is 6.09. The molecule has 0 aliphatic heterocycles. The Kier molecular flexibility index (Phi) is 4.93. The maximum absolute atomic E-state index is 11.8. The number of carbonyl (C=O) groups is 1. The van der Waals surface area contributed by atoms with Gasteiger partial charge in [-0.25, -0.2) is 9.97 Å². The van der Waals surface area contributed by atoms with Gasteiger partial charge in [-0.3, -0.25) is 4.79 Å². The van der Waals surface area contributed by atoms with Crippen LogP contribution in [-0.4, -0.2) is 15.9 Å². The standard InChI is InChI=1S/C12H17Cl2N3O/c1-7(12(2,3)4)5-10(18)16-9-6-8(13)15-11(14)17-9/h6-7H,5H2,1-4H3,(H,15,16,17,18). The van der Waals surface area contributed by atoms with Gasteiger partial charge in [-0.15, -0.1) is 0 Å². The summed E-state index contributed by atoms with van der Waals surface area (Å²) in [5.41, 5.74) is 0.0816. The number of amides is 1. The molecule has 0 aromatic carbocycles. The van der Waals surface area contributed by atoms with E-state index < -0.39 is 0 Å². The number of hydrogen-bond donors (Lipinski definition) is 1. The zero-order valence-corrected chi connectivity index (χ0v) is 12.4. The van der Waals surface area contributed by atoms with E-state index in [0.717, 1.165) is 0 Å². The molecule has 0 bridgehead atoms. The van der Waals surface area contributed by atoms with Crippen LogP contribution in [0, 0.1) is 11.3 Å². The number of nitrogens with one attached hydrogen (secondary N) is 1. The van der Waals surface area contributed by atoms with Crippen LogP contribution in [0.4, 0.5) is 5.82 Å². The number of anilines is 1. The van der Waals surface area contributed by atoms with Gasteiger partial charge in [0.2, 0.25) is 11.2 Å². The topological polar surface area (TPSA) is 54.9 Å². The van der Waals surface area contributed by atoms with E-state index in [-0.39, 0.29) is 27.7 Å². The molecule has 1 amide bonds. The molecular formula is C12H17Cl2N3O. The summed E-state index contributed by atoms with van der Waals surface area (Å²) in [5, 5.41) is 2.89. The van der Waals surface area contributed by atoms with Crippen LogP contribution in [0.2, 0.25) is 10.4 Å². The highest BCUT2D eigenvalue weighted by atomic mass is 35.5. The van der Waals surface area contributed by atoms with Gasteiger partial charge in [0, 0.05) is 12.5 Å². The van der Waals surface area contributed by atoms with E-state index in [9.17, 15) is 4.79 Å². The van der Waals surface area contributed by atoms with Crippen molar-refractivity contribution in [2.75, 3.05) is 5.32 Å². The van der Waals surface area contributed by atoms with Crippen LogP contribution in [0.3, 0.4) is 0 Å². The molecular weight excluding hydrogens is 273 g/mol. The zero-order chi connectivity index (χ0) is 13.9. The van der Waals surface area contributed by atoms with Crippen molar-refractivity contribution in [2.45, 2.75) is 34.1 Å². The van der Waals surface area contributed by atoms with Gasteiger partial charge in [-0.2, -0.15) is 0 Å². The molecule has 0 aliphatic carbocycles. The Balaban J connectivity index is 2.65. The second kappa shape index (κ2) is 5.85. The number of rotatable bonds is 3. The Morgan fingerprint density at radius 3 is 2.50 bits per heavy atom. The molecule has 18 heavy (non-hydrogen) atoms. The molecule has 0 fully saturated rings. The molecule has 0 aliphatic rings. The van der Waals surface area contributed by atoms with E-state index >= 15 is 0 Å². The second-order valence-electron chi connectivity index (χ2n) is 5.36. The van der Waals surface area contributed by atoms with Crippen molar-refractivity contribution in [3.63, 3.8) is 0 Å². The van der Waals surface area contributed by atoms with E-state index in [1.54, 1.807) is 0 Å². The highest BCUT2D eigenvalue weighted by Gasteiger charge is 2.22. The summed E-state index contributed by atoms with van der Waals surface area (Å²) in [6.45, 7) is 8.34. The normalized spacial score (nSPS) is 13.2. The summed E-state index contributed by atoms with van der Waals surface area (Å²) in [6, 6.07) is 1.47. The predicted molar refractivity (Wildman–Crippen MR) is 73.9 cm³/mol. The van der Waals surface area contributed by atoms with Gasteiger partial charge in [0.25, 0.3) is 0 Å². The molecule has 6 heteroatoms. The molecule has 1 heterocycles. The molecule has 0 radical (unpaired) electrons. The molecule has 0 saturated carbocycles. The first-order valence-corrected chi connectivity index (χ1v) is 6.44. The van der Waals surface area contributed by atoms with Crippen molar-refractivity contribution in [3.8, 4) is 0 Å². The summed E-state index contributed by atoms with van der Waals surface area (Å²) in [7, 11) is 0. The lowest BCUT2D eigenvalue weighted by molar-refractivity contribution is -0.117. The van der Waals surface area contributed by atoms with Gasteiger partial charge in [0.15, 0.2) is 0 Å². The van der Waals surface area contributed by atoms with Gasteiger partial charge < -0.3 is 5.32 Å². The van der Waals surface area contributed by atoms with E-state index in [1.807, 2.05) is 6.92 Å². The molecule has 1 unspecified atom stereocenters. The van der Waals surface area contributed by atoms with Gasteiger partial charge in [-0.1, -0.05) is 39.3 Å². The van der Waals surface area contributed by atoms with Crippen LogP contribution >= 0.6 is 23.2 Å².